The van der Waals surface area contributed by atoms with Gasteiger partial charge < -0.3 is 14.8 Å². The van der Waals surface area contributed by atoms with Crippen LogP contribution in [0.4, 0.5) is 5.69 Å². The van der Waals surface area contributed by atoms with Gasteiger partial charge in [-0.1, -0.05) is 35.9 Å². The van der Waals surface area contributed by atoms with Crippen molar-refractivity contribution in [3.8, 4) is 11.5 Å². The van der Waals surface area contributed by atoms with Crippen molar-refractivity contribution in [2.75, 3.05) is 31.1 Å². The van der Waals surface area contributed by atoms with E-state index in [2.05, 4.69) is 5.32 Å². The minimum atomic E-state index is -3.99. The van der Waals surface area contributed by atoms with Gasteiger partial charge in [0, 0.05) is 6.07 Å². The number of amides is 1. The molecule has 0 atom stereocenters. The second-order valence-corrected chi connectivity index (χ2v) is 9.78. The molecule has 0 aliphatic carbocycles. The van der Waals surface area contributed by atoms with Gasteiger partial charge in [0.2, 0.25) is 5.91 Å². The molecule has 3 aromatic carbocycles. The summed E-state index contributed by atoms with van der Waals surface area (Å²) in [6, 6.07) is 18.9. The number of rotatable bonds is 10. The minimum Gasteiger partial charge on any atom is -0.497 e. The Kier molecular flexibility index (Phi) is 8.17. The minimum absolute atomic E-state index is 0.104. The summed E-state index contributed by atoms with van der Waals surface area (Å²) in [7, 11) is -2.49. The molecule has 0 aromatic heterocycles. The summed E-state index contributed by atoms with van der Waals surface area (Å²) in [4.78, 5) is 12.8. The van der Waals surface area contributed by atoms with E-state index in [4.69, 9.17) is 9.47 Å². The fraction of sp³-hybridized carbons (Fsp3) is 0.269. The maximum atomic E-state index is 13.4. The van der Waals surface area contributed by atoms with Crippen molar-refractivity contribution in [1.29, 1.82) is 0 Å². The van der Waals surface area contributed by atoms with Crippen molar-refractivity contribution >= 4 is 21.6 Å². The van der Waals surface area contributed by atoms with Crippen LogP contribution in [-0.4, -0.2) is 41.1 Å². The van der Waals surface area contributed by atoms with Gasteiger partial charge in [0.05, 0.1) is 24.2 Å². The van der Waals surface area contributed by atoms with Crippen molar-refractivity contribution in [1.82, 2.24) is 5.32 Å². The van der Waals surface area contributed by atoms with Crippen LogP contribution in [0.25, 0.3) is 0 Å². The Labute approximate surface area is 201 Å². The lowest BCUT2D eigenvalue weighted by molar-refractivity contribution is -0.119. The molecule has 0 radical (unpaired) electrons. The predicted octanol–water partition coefficient (Wildman–Crippen LogP) is 4.01. The van der Waals surface area contributed by atoms with Crippen molar-refractivity contribution in [3.05, 3.63) is 83.4 Å². The molecule has 1 N–H and O–H groups in total. The van der Waals surface area contributed by atoms with E-state index in [9.17, 15) is 13.2 Å². The van der Waals surface area contributed by atoms with Crippen LogP contribution in [0.1, 0.15) is 16.7 Å². The maximum absolute atomic E-state index is 13.4. The molecule has 0 aliphatic heterocycles. The lowest BCUT2D eigenvalue weighted by Crippen LogP contribution is -2.42. The number of methoxy groups -OCH3 is 1. The van der Waals surface area contributed by atoms with Crippen LogP contribution in [0, 0.1) is 20.8 Å². The number of aryl methyl sites for hydroxylation is 2. The van der Waals surface area contributed by atoms with Gasteiger partial charge in [0.25, 0.3) is 10.0 Å². The van der Waals surface area contributed by atoms with Crippen LogP contribution in [0.2, 0.25) is 0 Å². The van der Waals surface area contributed by atoms with Crippen molar-refractivity contribution in [2.24, 2.45) is 0 Å². The van der Waals surface area contributed by atoms with Gasteiger partial charge in [-0.15, -0.1) is 0 Å². The zero-order valence-electron chi connectivity index (χ0n) is 19.9. The van der Waals surface area contributed by atoms with Crippen LogP contribution in [0.3, 0.4) is 0 Å². The first kappa shape index (κ1) is 25.1. The molecule has 34 heavy (non-hydrogen) atoms. The third-order valence-electron chi connectivity index (χ3n) is 5.47. The van der Waals surface area contributed by atoms with Gasteiger partial charge in [-0.2, -0.15) is 0 Å². The summed E-state index contributed by atoms with van der Waals surface area (Å²) in [5.74, 6) is 0.807. The van der Waals surface area contributed by atoms with Gasteiger partial charge in [-0.3, -0.25) is 9.10 Å². The Balaban J connectivity index is 1.73. The number of carbonyl (C=O) groups excluding carboxylic acids is 1. The molecule has 0 spiro atoms. The van der Waals surface area contributed by atoms with Crippen molar-refractivity contribution < 1.29 is 22.7 Å². The standard InChI is InChI=1S/C26H30N2O5S/c1-19-11-13-24(14-12-19)34(30,31)28(22-8-6-9-23(17-22)32-4)18-26(29)27-15-16-33-25-10-5-7-20(2)21(25)3/h5-14,17H,15-16,18H2,1-4H3,(H,27,29). The zero-order valence-corrected chi connectivity index (χ0v) is 20.7. The van der Waals surface area contributed by atoms with E-state index in [-0.39, 0.29) is 24.6 Å². The summed E-state index contributed by atoms with van der Waals surface area (Å²) in [6.45, 7) is 5.98. The number of benzene rings is 3. The van der Waals surface area contributed by atoms with Gasteiger partial charge in [-0.05, 0) is 62.2 Å². The first-order valence-corrected chi connectivity index (χ1v) is 12.4. The second-order valence-electron chi connectivity index (χ2n) is 7.92. The molecule has 8 heteroatoms. The molecule has 180 valence electrons. The third kappa shape index (κ3) is 6.08. The monoisotopic (exact) mass is 482 g/mol. The number of sulfonamides is 1. The molecule has 0 saturated carbocycles. The first-order valence-electron chi connectivity index (χ1n) is 10.9. The number of nitrogens with zero attached hydrogens (tertiary/aromatic N) is 1. The normalized spacial score (nSPS) is 11.1. The number of anilines is 1. The second kappa shape index (κ2) is 11.1. The largest absolute Gasteiger partial charge is 0.497 e. The molecule has 0 saturated heterocycles. The zero-order chi connectivity index (χ0) is 24.7. The van der Waals surface area contributed by atoms with Crippen molar-refractivity contribution in [2.45, 2.75) is 25.7 Å². The van der Waals surface area contributed by atoms with E-state index in [1.54, 1.807) is 36.4 Å². The molecular weight excluding hydrogens is 452 g/mol. The smallest absolute Gasteiger partial charge is 0.264 e. The number of hydrogen-bond donors (Lipinski definition) is 1. The van der Waals surface area contributed by atoms with Gasteiger partial charge >= 0.3 is 0 Å². The number of nitrogens with one attached hydrogen (secondary N) is 1. The van der Waals surface area contributed by atoms with Crippen molar-refractivity contribution in [3.63, 3.8) is 0 Å². The van der Waals surface area contributed by atoms with Crippen LogP contribution >= 0.6 is 0 Å². The molecule has 0 bridgehead atoms. The number of ether oxygens (including phenoxy) is 2. The number of carbonyl (C=O) groups is 1. The predicted molar refractivity (Wildman–Crippen MR) is 133 cm³/mol. The highest BCUT2D eigenvalue weighted by Crippen LogP contribution is 2.27. The highest BCUT2D eigenvalue weighted by Gasteiger charge is 2.27. The Morgan fingerprint density at radius 3 is 2.38 bits per heavy atom. The molecular formula is C26H30N2O5S. The van der Waals surface area contributed by atoms with Crippen LogP contribution in [-0.2, 0) is 14.8 Å². The molecule has 7 nitrogen and oxygen atoms in total. The Hall–Kier alpha value is -3.52. The van der Waals surface area contributed by atoms with Gasteiger partial charge in [-0.25, -0.2) is 8.42 Å². The molecule has 1 amide bonds. The van der Waals surface area contributed by atoms with E-state index < -0.39 is 15.9 Å². The molecule has 0 fully saturated rings. The van der Waals surface area contributed by atoms with Gasteiger partial charge in [0.15, 0.2) is 0 Å². The summed E-state index contributed by atoms with van der Waals surface area (Å²) in [5.41, 5.74) is 3.44. The maximum Gasteiger partial charge on any atom is 0.264 e. The van der Waals surface area contributed by atoms with Crippen LogP contribution in [0.15, 0.2) is 71.6 Å². The lowest BCUT2D eigenvalue weighted by atomic mass is 10.1. The van der Waals surface area contributed by atoms with Gasteiger partial charge in [0.1, 0.15) is 24.7 Å². The SMILES string of the molecule is COc1cccc(N(CC(=O)NCCOc2cccc(C)c2C)S(=O)(=O)c2ccc(C)cc2)c1. The van der Waals surface area contributed by atoms with E-state index in [0.717, 1.165) is 26.7 Å². The Bertz CT molecular complexity index is 1240. The van der Waals surface area contributed by atoms with Crippen LogP contribution in [0.5, 0.6) is 11.5 Å². The summed E-state index contributed by atoms with van der Waals surface area (Å²) in [5, 5.41) is 2.75. The van der Waals surface area contributed by atoms with E-state index in [1.807, 2.05) is 39.0 Å². The fourth-order valence-corrected chi connectivity index (χ4v) is 4.75. The molecule has 3 rings (SSSR count). The summed E-state index contributed by atoms with van der Waals surface area (Å²) < 4.78 is 39.0. The Morgan fingerprint density at radius 1 is 0.971 bits per heavy atom. The highest BCUT2D eigenvalue weighted by molar-refractivity contribution is 7.92. The molecule has 0 aliphatic rings. The van der Waals surface area contributed by atoms with Crippen LogP contribution < -0.4 is 19.1 Å². The highest BCUT2D eigenvalue weighted by atomic mass is 32.2. The Morgan fingerprint density at radius 2 is 1.68 bits per heavy atom. The quantitative estimate of drug-likeness (QED) is 0.442. The fourth-order valence-electron chi connectivity index (χ4n) is 3.34. The van der Waals surface area contributed by atoms with E-state index in [1.165, 1.54) is 19.2 Å². The average Bonchev–Trinajstić information content (AvgIpc) is 2.83. The first-order chi connectivity index (χ1) is 16.2. The number of hydrogen-bond acceptors (Lipinski definition) is 5. The third-order valence-corrected chi connectivity index (χ3v) is 7.26. The topological polar surface area (TPSA) is 84.9 Å². The average molecular weight is 483 g/mol. The lowest BCUT2D eigenvalue weighted by Gasteiger charge is -2.24. The summed E-state index contributed by atoms with van der Waals surface area (Å²) >= 11 is 0. The molecule has 0 heterocycles. The van der Waals surface area contributed by atoms with E-state index >= 15 is 0 Å². The molecule has 3 aromatic rings. The summed E-state index contributed by atoms with van der Waals surface area (Å²) in [6.07, 6.45) is 0. The molecule has 0 unspecified atom stereocenters. The van der Waals surface area contributed by atoms with E-state index in [0.29, 0.717) is 11.4 Å².